The third-order valence-electron chi connectivity index (χ3n) is 5.01. The Balaban J connectivity index is 1.58. The van der Waals surface area contributed by atoms with Crippen LogP contribution in [0.4, 0.5) is 0 Å². The van der Waals surface area contributed by atoms with Gasteiger partial charge in [0.05, 0.1) is 19.7 Å². The highest BCUT2D eigenvalue weighted by Gasteiger charge is 2.13. The van der Waals surface area contributed by atoms with Gasteiger partial charge in [0.2, 0.25) is 5.91 Å². The summed E-state index contributed by atoms with van der Waals surface area (Å²) in [5, 5.41) is 5.42. The number of aryl methyl sites for hydroxylation is 1. The summed E-state index contributed by atoms with van der Waals surface area (Å²) in [6.07, 6.45) is 0. The molecule has 0 aliphatic rings. The lowest BCUT2D eigenvalue weighted by Gasteiger charge is -2.20. The van der Waals surface area contributed by atoms with Gasteiger partial charge in [0.1, 0.15) is 5.75 Å². The lowest BCUT2D eigenvalue weighted by molar-refractivity contribution is -0.122. The molecule has 1 atom stereocenters. The maximum Gasteiger partial charge on any atom is 0.234 e. The molecule has 3 rings (SSSR count). The molecule has 1 amide bonds. The Morgan fingerprint density at radius 3 is 2.54 bits per heavy atom. The van der Waals surface area contributed by atoms with E-state index in [1.165, 1.54) is 16.5 Å². The zero-order chi connectivity index (χ0) is 20.1. The summed E-state index contributed by atoms with van der Waals surface area (Å²) >= 11 is 0. The van der Waals surface area contributed by atoms with E-state index in [2.05, 4.69) is 48.6 Å². The SMILES string of the molecule is COc1ccc2cc(CN(C)CC(=O)N[C@@H](C)c3ccccc3C)ccc2c1. The number of likely N-dealkylation sites (N-methyl/N-ethyl adjacent to an activating group) is 1. The second kappa shape index (κ2) is 8.89. The molecule has 0 aliphatic carbocycles. The average Bonchev–Trinajstić information content (AvgIpc) is 2.67. The van der Waals surface area contributed by atoms with Gasteiger partial charge >= 0.3 is 0 Å². The number of fused-ring (bicyclic) bond motifs is 1. The van der Waals surface area contributed by atoms with Crippen LogP contribution in [0.3, 0.4) is 0 Å². The van der Waals surface area contributed by atoms with Crippen LogP contribution in [0.15, 0.2) is 60.7 Å². The van der Waals surface area contributed by atoms with Crippen molar-refractivity contribution in [2.24, 2.45) is 0 Å². The number of methoxy groups -OCH3 is 1. The van der Waals surface area contributed by atoms with Crippen molar-refractivity contribution in [3.63, 3.8) is 0 Å². The number of amides is 1. The number of nitrogens with one attached hydrogen (secondary N) is 1. The van der Waals surface area contributed by atoms with E-state index in [0.29, 0.717) is 13.1 Å². The van der Waals surface area contributed by atoms with Gasteiger partial charge in [-0.25, -0.2) is 0 Å². The second-order valence-electron chi connectivity index (χ2n) is 7.37. The highest BCUT2D eigenvalue weighted by atomic mass is 16.5. The number of hydrogen-bond acceptors (Lipinski definition) is 3. The van der Waals surface area contributed by atoms with Crippen LogP contribution >= 0.6 is 0 Å². The summed E-state index contributed by atoms with van der Waals surface area (Å²) in [4.78, 5) is 14.5. The minimum absolute atomic E-state index is 0.00208. The Morgan fingerprint density at radius 2 is 1.79 bits per heavy atom. The van der Waals surface area contributed by atoms with Crippen LogP contribution in [0.1, 0.15) is 29.7 Å². The van der Waals surface area contributed by atoms with E-state index in [-0.39, 0.29) is 11.9 Å². The Labute approximate surface area is 167 Å². The fourth-order valence-electron chi connectivity index (χ4n) is 3.55. The van der Waals surface area contributed by atoms with Gasteiger partial charge in [0.15, 0.2) is 0 Å². The van der Waals surface area contributed by atoms with E-state index in [0.717, 1.165) is 16.7 Å². The maximum atomic E-state index is 12.5. The van der Waals surface area contributed by atoms with Gasteiger partial charge in [-0.1, -0.05) is 42.5 Å². The molecule has 28 heavy (non-hydrogen) atoms. The number of hydrogen-bond donors (Lipinski definition) is 1. The van der Waals surface area contributed by atoms with E-state index >= 15 is 0 Å². The molecule has 4 nitrogen and oxygen atoms in total. The van der Waals surface area contributed by atoms with Crippen LogP contribution in [0.2, 0.25) is 0 Å². The molecule has 0 unspecified atom stereocenters. The summed E-state index contributed by atoms with van der Waals surface area (Å²) in [6.45, 7) is 5.17. The first kappa shape index (κ1) is 19.9. The third kappa shape index (κ3) is 4.90. The molecule has 1 N–H and O–H groups in total. The molecule has 0 saturated heterocycles. The maximum absolute atomic E-state index is 12.5. The zero-order valence-electron chi connectivity index (χ0n) is 17.0. The van der Waals surface area contributed by atoms with Crippen molar-refractivity contribution in [3.8, 4) is 5.75 Å². The number of nitrogens with zero attached hydrogens (tertiary/aromatic N) is 1. The lowest BCUT2D eigenvalue weighted by Crippen LogP contribution is -2.36. The molecule has 0 saturated carbocycles. The topological polar surface area (TPSA) is 41.6 Å². The predicted octanol–water partition coefficient (Wildman–Crippen LogP) is 4.47. The van der Waals surface area contributed by atoms with Crippen molar-refractivity contribution in [1.82, 2.24) is 10.2 Å². The molecule has 0 aliphatic heterocycles. The first-order valence-electron chi connectivity index (χ1n) is 9.56. The summed E-state index contributed by atoms with van der Waals surface area (Å²) in [5.74, 6) is 0.889. The molecule has 3 aromatic carbocycles. The fourth-order valence-corrected chi connectivity index (χ4v) is 3.55. The van der Waals surface area contributed by atoms with E-state index in [1.807, 2.05) is 43.1 Å². The molecule has 0 heterocycles. The van der Waals surface area contributed by atoms with E-state index in [9.17, 15) is 4.79 Å². The first-order valence-corrected chi connectivity index (χ1v) is 9.56. The minimum atomic E-state index is -0.00208. The number of benzene rings is 3. The normalized spacial score (nSPS) is 12.2. The Morgan fingerprint density at radius 1 is 1.07 bits per heavy atom. The molecule has 3 aromatic rings. The largest absolute Gasteiger partial charge is 0.497 e. The van der Waals surface area contributed by atoms with Gasteiger partial charge in [-0.15, -0.1) is 0 Å². The number of carbonyl (C=O) groups is 1. The van der Waals surface area contributed by atoms with Gasteiger partial charge in [0, 0.05) is 6.54 Å². The smallest absolute Gasteiger partial charge is 0.234 e. The molecule has 146 valence electrons. The van der Waals surface area contributed by atoms with Crippen molar-refractivity contribution in [2.45, 2.75) is 26.4 Å². The summed E-state index contributed by atoms with van der Waals surface area (Å²) in [5.41, 5.74) is 3.53. The number of ether oxygens (including phenoxy) is 1. The Bertz CT molecular complexity index is 968. The highest BCUT2D eigenvalue weighted by molar-refractivity contribution is 5.84. The first-order chi connectivity index (χ1) is 13.5. The van der Waals surface area contributed by atoms with Gasteiger partial charge in [-0.05, 0) is 66.6 Å². The molecule has 0 radical (unpaired) electrons. The van der Waals surface area contributed by atoms with E-state index in [4.69, 9.17) is 4.74 Å². The van der Waals surface area contributed by atoms with Crippen LogP contribution in [0, 0.1) is 6.92 Å². The van der Waals surface area contributed by atoms with Gasteiger partial charge in [0.25, 0.3) is 0 Å². The van der Waals surface area contributed by atoms with Crippen molar-refractivity contribution in [2.75, 3.05) is 20.7 Å². The van der Waals surface area contributed by atoms with E-state index in [1.54, 1.807) is 7.11 Å². The Hall–Kier alpha value is -2.85. The lowest BCUT2D eigenvalue weighted by atomic mass is 10.0. The van der Waals surface area contributed by atoms with Gasteiger partial charge in [-0.3, -0.25) is 9.69 Å². The summed E-state index contributed by atoms with van der Waals surface area (Å²) in [6, 6.07) is 20.6. The van der Waals surface area contributed by atoms with Crippen LogP contribution < -0.4 is 10.1 Å². The van der Waals surface area contributed by atoms with Crippen LogP contribution in [0.25, 0.3) is 10.8 Å². The molecule has 0 fully saturated rings. The van der Waals surface area contributed by atoms with Crippen molar-refractivity contribution in [3.05, 3.63) is 77.4 Å². The van der Waals surface area contributed by atoms with Gasteiger partial charge < -0.3 is 10.1 Å². The molecule has 0 aromatic heterocycles. The summed E-state index contributed by atoms with van der Waals surface area (Å²) < 4.78 is 5.28. The van der Waals surface area contributed by atoms with Crippen molar-refractivity contribution < 1.29 is 9.53 Å². The van der Waals surface area contributed by atoms with Crippen molar-refractivity contribution in [1.29, 1.82) is 0 Å². The van der Waals surface area contributed by atoms with Crippen LogP contribution in [-0.4, -0.2) is 31.5 Å². The van der Waals surface area contributed by atoms with E-state index < -0.39 is 0 Å². The van der Waals surface area contributed by atoms with Gasteiger partial charge in [-0.2, -0.15) is 0 Å². The third-order valence-corrected chi connectivity index (χ3v) is 5.01. The summed E-state index contributed by atoms with van der Waals surface area (Å²) in [7, 11) is 3.64. The van der Waals surface area contributed by atoms with Crippen molar-refractivity contribution >= 4 is 16.7 Å². The number of carbonyl (C=O) groups excluding carboxylic acids is 1. The second-order valence-corrected chi connectivity index (χ2v) is 7.37. The molecular formula is C24H28N2O2. The monoisotopic (exact) mass is 376 g/mol. The Kier molecular flexibility index (Phi) is 6.32. The molecule has 4 heteroatoms. The standard InChI is InChI=1S/C24H28N2O2/c1-17-7-5-6-8-23(17)18(2)25-24(27)16-26(3)15-19-9-10-21-14-22(28-4)12-11-20(21)13-19/h5-14,18H,15-16H2,1-4H3,(H,25,27)/t18-/m0/s1. The average molecular weight is 377 g/mol. The quantitative estimate of drug-likeness (QED) is 0.662. The minimum Gasteiger partial charge on any atom is -0.497 e. The predicted molar refractivity (Wildman–Crippen MR) is 115 cm³/mol. The number of rotatable bonds is 7. The zero-order valence-corrected chi connectivity index (χ0v) is 17.0. The highest BCUT2D eigenvalue weighted by Crippen LogP contribution is 2.22. The van der Waals surface area contributed by atoms with Crippen LogP contribution in [0.5, 0.6) is 5.75 Å². The van der Waals surface area contributed by atoms with Crippen LogP contribution in [-0.2, 0) is 11.3 Å². The fraction of sp³-hybridized carbons (Fsp3) is 0.292. The molecule has 0 spiro atoms. The molecular weight excluding hydrogens is 348 g/mol. The molecule has 0 bridgehead atoms.